The summed E-state index contributed by atoms with van der Waals surface area (Å²) < 4.78 is 9.70. The van der Waals surface area contributed by atoms with Crippen LogP contribution in [0.25, 0.3) is 0 Å². The van der Waals surface area contributed by atoms with Crippen molar-refractivity contribution >= 4 is 17.8 Å². The van der Waals surface area contributed by atoms with E-state index in [9.17, 15) is 14.4 Å². The first-order valence-electron chi connectivity index (χ1n) is 4.79. The van der Waals surface area contributed by atoms with Crippen molar-refractivity contribution in [1.82, 2.24) is 4.90 Å². The number of carboxylic acid groups (broad SMARTS) is 1. The van der Waals surface area contributed by atoms with Crippen LogP contribution in [0.5, 0.6) is 0 Å². The van der Waals surface area contributed by atoms with Crippen LogP contribution in [0.15, 0.2) is 16.7 Å². The van der Waals surface area contributed by atoms with Gasteiger partial charge in [-0.25, -0.2) is 4.79 Å². The molecule has 2 heterocycles. The van der Waals surface area contributed by atoms with Gasteiger partial charge in [-0.15, -0.1) is 0 Å². The van der Waals surface area contributed by atoms with Crippen LogP contribution in [0.3, 0.4) is 0 Å². The molecule has 1 saturated heterocycles. The molecule has 0 radical (unpaired) electrons. The van der Waals surface area contributed by atoms with Crippen molar-refractivity contribution < 1.29 is 28.6 Å². The van der Waals surface area contributed by atoms with Gasteiger partial charge in [0.15, 0.2) is 0 Å². The van der Waals surface area contributed by atoms with Crippen molar-refractivity contribution in [3.63, 3.8) is 0 Å². The SMILES string of the molecule is O=C(O)c1coc(CN2C(=O)COCC2=O)c1. The first-order chi connectivity index (χ1) is 8.08. The number of amides is 2. The van der Waals surface area contributed by atoms with E-state index in [1.54, 1.807) is 0 Å². The minimum absolute atomic E-state index is 0.0202. The number of nitrogens with zero attached hydrogens (tertiary/aromatic N) is 1. The third-order valence-corrected chi connectivity index (χ3v) is 2.27. The minimum Gasteiger partial charge on any atom is -0.478 e. The molecule has 1 aromatic heterocycles. The van der Waals surface area contributed by atoms with Gasteiger partial charge in [0.1, 0.15) is 25.2 Å². The Balaban J connectivity index is 2.11. The number of carbonyl (C=O) groups excluding carboxylic acids is 2. The Kier molecular flexibility index (Phi) is 2.92. The number of ether oxygens (including phenoxy) is 1. The van der Waals surface area contributed by atoms with Crippen LogP contribution in [0.4, 0.5) is 0 Å². The number of morpholine rings is 1. The number of rotatable bonds is 3. The lowest BCUT2D eigenvalue weighted by molar-refractivity contribution is -0.159. The molecule has 1 aliphatic rings. The second-order valence-corrected chi connectivity index (χ2v) is 3.47. The molecule has 0 aromatic carbocycles. The van der Waals surface area contributed by atoms with Gasteiger partial charge >= 0.3 is 5.97 Å². The van der Waals surface area contributed by atoms with Gasteiger partial charge < -0.3 is 14.3 Å². The number of furan rings is 1. The van der Waals surface area contributed by atoms with Crippen LogP contribution in [-0.2, 0) is 20.9 Å². The topological polar surface area (TPSA) is 97.1 Å². The summed E-state index contributed by atoms with van der Waals surface area (Å²) in [4.78, 5) is 34.3. The van der Waals surface area contributed by atoms with Gasteiger partial charge in [-0.3, -0.25) is 14.5 Å². The molecule has 1 fully saturated rings. The lowest BCUT2D eigenvalue weighted by Gasteiger charge is -2.23. The standard InChI is InChI=1S/C10H9NO6/c12-8-4-16-5-9(13)11(8)2-7-1-6(3-17-7)10(14)15/h1,3H,2,4-5H2,(H,14,15). The molecule has 17 heavy (non-hydrogen) atoms. The zero-order valence-electron chi connectivity index (χ0n) is 8.71. The Morgan fingerprint density at radius 1 is 1.35 bits per heavy atom. The highest BCUT2D eigenvalue weighted by molar-refractivity contribution is 5.98. The normalized spacial score (nSPS) is 16.4. The monoisotopic (exact) mass is 239 g/mol. The minimum atomic E-state index is -1.13. The zero-order valence-corrected chi connectivity index (χ0v) is 8.71. The molecule has 0 saturated carbocycles. The second kappa shape index (κ2) is 4.38. The van der Waals surface area contributed by atoms with Crippen LogP contribution in [0.2, 0.25) is 0 Å². The Morgan fingerprint density at radius 3 is 2.53 bits per heavy atom. The maximum Gasteiger partial charge on any atom is 0.338 e. The third-order valence-electron chi connectivity index (χ3n) is 2.27. The summed E-state index contributed by atoms with van der Waals surface area (Å²) in [5, 5.41) is 8.68. The highest BCUT2D eigenvalue weighted by atomic mass is 16.5. The van der Waals surface area contributed by atoms with Crippen LogP contribution in [-0.4, -0.2) is 41.0 Å². The molecule has 0 atom stereocenters. The van der Waals surface area contributed by atoms with Crippen LogP contribution in [0.1, 0.15) is 16.1 Å². The first kappa shape index (κ1) is 11.3. The van der Waals surface area contributed by atoms with Crippen molar-refractivity contribution in [1.29, 1.82) is 0 Å². The second-order valence-electron chi connectivity index (χ2n) is 3.47. The highest BCUT2D eigenvalue weighted by Crippen LogP contribution is 2.12. The smallest absolute Gasteiger partial charge is 0.338 e. The van der Waals surface area contributed by atoms with Crippen LogP contribution >= 0.6 is 0 Å². The summed E-state index contributed by atoms with van der Waals surface area (Å²) >= 11 is 0. The summed E-state index contributed by atoms with van der Waals surface area (Å²) in [6.45, 7) is -0.384. The number of aromatic carboxylic acids is 1. The van der Waals surface area contributed by atoms with Gasteiger partial charge in [-0.2, -0.15) is 0 Å². The van der Waals surface area contributed by atoms with E-state index in [0.717, 1.165) is 11.2 Å². The third kappa shape index (κ3) is 2.34. The summed E-state index contributed by atoms with van der Waals surface area (Å²) in [6, 6.07) is 1.28. The van der Waals surface area contributed by atoms with Crippen molar-refractivity contribution in [2.45, 2.75) is 6.54 Å². The van der Waals surface area contributed by atoms with E-state index >= 15 is 0 Å². The molecule has 90 valence electrons. The lowest BCUT2D eigenvalue weighted by Crippen LogP contribution is -2.45. The zero-order chi connectivity index (χ0) is 12.4. The summed E-state index contributed by atoms with van der Waals surface area (Å²) in [7, 11) is 0. The predicted molar refractivity (Wildman–Crippen MR) is 52.0 cm³/mol. The summed E-state index contributed by atoms with van der Waals surface area (Å²) in [6.07, 6.45) is 1.06. The van der Waals surface area contributed by atoms with E-state index in [-0.39, 0.29) is 31.1 Å². The van der Waals surface area contributed by atoms with Crippen LogP contribution in [0, 0.1) is 0 Å². The average Bonchev–Trinajstić information content (AvgIpc) is 2.72. The van der Waals surface area contributed by atoms with Crippen molar-refractivity contribution in [2.24, 2.45) is 0 Å². The summed E-state index contributed by atoms with van der Waals surface area (Å²) in [5.41, 5.74) is -0.0202. The van der Waals surface area contributed by atoms with Crippen molar-refractivity contribution in [2.75, 3.05) is 13.2 Å². The van der Waals surface area contributed by atoms with Gasteiger partial charge in [-0.05, 0) is 6.07 Å². The van der Waals surface area contributed by atoms with E-state index in [2.05, 4.69) is 0 Å². The van der Waals surface area contributed by atoms with E-state index in [1.165, 1.54) is 6.07 Å². The van der Waals surface area contributed by atoms with Gasteiger partial charge in [0.2, 0.25) is 0 Å². The van der Waals surface area contributed by atoms with Crippen molar-refractivity contribution in [3.8, 4) is 0 Å². The number of carboxylic acids is 1. The fourth-order valence-corrected chi connectivity index (χ4v) is 1.43. The van der Waals surface area contributed by atoms with Gasteiger partial charge in [0, 0.05) is 0 Å². The molecule has 2 amide bonds. The number of imide groups is 1. The Labute approximate surface area is 95.6 Å². The molecule has 1 aromatic rings. The number of carbonyl (C=O) groups is 3. The average molecular weight is 239 g/mol. The fraction of sp³-hybridized carbons (Fsp3) is 0.300. The maximum atomic E-state index is 11.4. The Bertz CT molecular complexity index is 461. The van der Waals surface area contributed by atoms with Crippen LogP contribution < -0.4 is 0 Å². The van der Waals surface area contributed by atoms with Gasteiger partial charge in [-0.1, -0.05) is 0 Å². The largest absolute Gasteiger partial charge is 0.478 e. The van der Waals surface area contributed by atoms with Gasteiger partial charge in [0.05, 0.1) is 12.1 Å². The number of hydrogen-bond acceptors (Lipinski definition) is 5. The lowest BCUT2D eigenvalue weighted by atomic mass is 10.3. The molecule has 2 rings (SSSR count). The first-order valence-corrected chi connectivity index (χ1v) is 4.79. The van der Waals surface area contributed by atoms with E-state index < -0.39 is 17.8 Å². The maximum absolute atomic E-state index is 11.4. The van der Waals surface area contributed by atoms with Crippen molar-refractivity contribution in [3.05, 3.63) is 23.7 Å². The Hall–Kier alpha value is -2.15. The number of hydrogen-bond donors (Lipinski definition) is 1. The Morgan fingerprint density at radius 2 is 2.00 bits per heavy atom. The van der Waals surface area contributed by atoms with E-state index in [4.69, 9.17) is 14.3 Å². The van der Waals surface area contributed by atoms with E-state index in [0.29, 0.717) is 0 Å². The predicted octanol–water partition coefficient (Wildman–Crippen LogP) is -0.137. The quantitative estimate of drug-likeness (QED) is 0.737. The molecule has 0 bridgehead atoms. The molecular weight excluding hydrogens is 230 g/mol. The molecule has 1 N–H and O–H groups in total. The summed E-state index contributed by atoms with van der Waals surface area (Å²) in [5.74, 6) is -1.81. The molecule has 0 aliphatic carbocycles. The molecule has 7 heteroatoms. The van der Waals surface area contributed by atoms with E-state index in [1.807, 2.05) is 0 Å². The van der Waals surface area contributed by atoms with Gasteiger partial charge in [0.25, 0.3) is 11.8 Å². The highest BCUT2D eigenvalue weighted by Gasteiger charge is 2.27. The molecule has 7 nitrogen and oxygen atoms in total. The molecule has 1 aliphatic heterocycles. The fourth-order valence-electron chi connectivity index (χ4n) is 1.43. The molecule has 0 spiro atoms. The molecule has 0 unspecified atom stereocenters. The molecular formula is C10H9NO6.